The molecule has 0 aliphatic rings. The van der Waals surface area contributed by atoms with E-state index in [4.69, 9.17) is 0 Å². The summed E-state index contributed by atoms with van der Waals surface area (Å²) in [4.78, 5) is 0. The molecule has 0 aromatic heterocycles. The topological polar surface area (TPSA) is 0 Å². The fraction of sp³-hybridized carbons (Fsp3) is 0.200. The van der Waals surface area contributed by atoms with Gasteiger partial charge >= 0.3 is 0 Å². The molecule has 0 fully saturated rings. The van der Waals surface area contributed by atoms with Crippen LogP contribution in [0.25, 0.3) is 0 Å². The Balaban J connectivity index is 1.76. The number of benzene rings is 6. The largest absolute Gasteiger partial charge is 0.0622 e. The molecule has 0 amide bonds. The minimum atomic E-state index is -0.818. The monoisotopic (exact) mass is 648 g/mol. The first-order chi connectivity index (χ1) is 23.0. The molecule has 0 heterocycles. The van der Waals surface area contributed by atoms with Crippen molar-refractivity contribution in [2.75, 3.05) is 0 Å². The van der Waals surface area contributed by atoms with E-state index in [9.17, 15) is 0 Å². The standard InChI is InChI=1S/C45H46P2/c1-35(2)45(36(3)4,43(37-23-11-5-12-24-37)46(39-27-15-7-16-28-39)40-29-17-8-18-30-40)44(38-25-13-6-14-26-38)47(41-31-19-9-20-32-41)42-33-21-10-22-34-42/h5-36,43-44H,1-4H3. The van der Waals surface area contributed by atoms with E-state index in [2.05, 4.69) is 210 Å². The van der Waals surface area contributed by atoms with Crippen LogP contribution in [0.3, 0.4) is 0 Å². The summed E-state index contributed by atoms with van der Waals surface area (Å²) in [5, 5.41) is 5.74. The third-order valence-corrected chi connectivity index (χ3v) is 15.8. The Labute approximate surface area is 285 Å². The molecule has 0 saturated carbocycles. The van der Waals surface area contributed by atoms with Crippen molar-refractivity contribution < 1.29 is 0 Å². The van der Waals surface area contributed by atoms with Gasteiger partial charge in [-0.05, 0) is 65.4 Å². The second-order valence-electron chi connectivity index (χ2n) is 13.0. The second kappa shape index (κ2) is 15.4. The van der Waals surface area contributed by atoms with Crippen LogP contribution >= 0.6 is 15.8 Å². The molecule has 6 aromatic rings. The molecule has 0 aliphatic carbocycles. The molecule has 6 aromatic carbocycles. The molecule has 0 saturated heterocycles. The predicted molar refractivity (Wildman–Crippen MR) is 209 cm³/mol. The molecule has 6 rings (SSSR count). The molecule has 0 N–H and O–H groups in total. The van der Waals surface area contributed by atoms with Crippen molar-refractivity contribution in [1.82, 2.24) is 0 Å². The fourth-order valence-corrected chi connectivity index (χ4v) is 15.1. The highest BCUT2D eigenvalue weighted by molar-refractivity contribution is 7.74. The summed E-state index contributed by atoms with van der Waals surface area (Å²) in [6.45, 7) is 10.1. The molecule has 0 spiro atoms. The second-order valence-corrected chi connectivity index (χ2v) is 17.6. The molecule has 236 valence electrons. The average molecular weight is 649 g/mol. The molecule has 2 atom stereocenters. The van der Waals surface area contributed by atoms with Gasteiger partial charge in [-0.2, -0.15) is 0 Å². The normalized spacial score (nSPS) is 13.3. The highest BCUT2D eigenvalue weighted by Gasteiger charge is 2.56. The van der Waals surface area contributed by atoms with Crippen molar-refractivity contribution >= 4 is 37.1 Å². The maximum atomic E-state index is 2.51. The van der Waals surface area contributed by atoms with E-state index >= 15 is 0 Å². The van der Waals surface area contributed by atoms with Crippen molar-refractivity contribution in [2.24, 2.45) is 17.3 Å². The summed E-state index contributed by atoms with van der Waals surface area (Å²) in [7, 11) is -1.64. The van der Waals surface area contributed by atoms with Gasteiger partial charge in [0.25, 0.3) is 0 Å². The lowest BCUT2D eigenvalue weighted by atomic mass is 9.61. The Morgan fingerprint density at radius 2 is 0.532 bits per heavy atom. The molecule has 0 nitrogen and oxygen atoms in total. The third-order valence-electron chi connectivity index (χ3n) is 9.83. The number of hydrogen-bond donors (Lipinski definition) is 0. The Hall–Kier alpha value is -3.82. The Bertz CT molecular complexity index is 1560. The maximum Gasteiger partial charge on any atom is 0.0193 e. The number of rotatable bonds is 12. The molecule has 2 unspecified atom stereocenters. The number of hydrogen-bond acceptors (Lipinski definition) is 0. The van der Waals surface area contributed by atoms with Crippen molar-refractivity contribution in [2.45, 2.75) is 39.0 Å². The zero-order valence-electron chi connectivity index (χ0n) is 28.0. The molecule has 47 heavy (non-hydrogen) atoms. The van der Waals surface area contributed by atoms with Gasteiger partial charge in [-0.1, -0.05) is 210 Å². The van der Waals surface area contributed by atoms with E-state index in [0.29, 0.717) is 11.8 Å². The summed E-state index contributed by atoms with van der Waals surface area (Å²) in [6.07, 6.45) is 0. The predicted octanol–water partition coefficient (Wildman–Crippen LogP) is 11.0. The van der Waals surface area contributed by atoms with Crippen LogP contribution in [0, 0.1) is 17.3 Å². The SMILES string of the molecule is CC(C)C(C(C)C)(C(c1ccccc1)P(c1ccccc1)c1ccccc1)C(c1ccccc1)P(c1ccccc1)c1ccccc1. The molecule has 2 heteroatoms. The maximum absolute atomic E-state index is 2.51. The van der Waals surface area contributed by atoms with E-state index in [1.54, 1.807) is 0 Å². The van der Waals surface area contributed by atoms with Gasteiger partial charge in [-0.25, -0.2) is 0 Å². The van der Waals surface area contributed by atoms with Crippen molar-refractivity contribution in [1.29, 1.82) is 0 Å². The lowest BCUT2D eigenvalue weighted by Gasteiger charge is -2.57. The van der Waals surface area contributed by atoms with E-state index in [0.717, 1.165) is 0 Å². The molecule has 0 aliphatic heterocycles. The molecule has 0 radical (unpaired) electrons. The van der Waals surface area contributed by atoms with Gasteiger partial charge in [0.15, 0.2) is 0 Å². The van der Waals surface area contributed by atoms with Gasteiger partial charge in [-0.3, -0.25) is 0 Å². The van der Waals surface area contributed by atoms with E-state index in [-0.39, 0.29) is 16.7 Å². The van der Waals surface area contributed by atoms with Crippen LogP contribution in [0.15, 0.2) is 182 Å². The zero-order chi connectivity index (χ0) is 32.6. The summed E-state index contributed by atoms with van der Waals surface area (Å²) >= 11 is 0. The van der Waals surface area contributed by atoms with Crippen LogP contribution in [-0.4, -0.2) is 0 Å². The summed E-state index contributed by atoms with van der Waals surface area (Å²) in [5.41, 5.74) is 3.21. The molecule has 0 bridgehead atoms. The van der Waals surface area contributed by atoms with Crippen LogP contribution in [-0.2, 0) is 0 Å². The quantitative estimate of drug-likeness (QED) is 0.116. The van der Waals surface area contributed by atoms with Gasteiger partial charge in [0.05, 0.1) is 0 Å². The summed E-state index contributed by atoms with van der Waals surface area (Å²) < 4.78 is 0. The lowest BCUT2D eigenvalue weighted by molar-refractivity contribution is 0.0988. The Morgan fingerprint density at radius 1 is 0.319 bits per heavy atom. The van der Waals surface area contributed by atoms with Crippen LogP contribution in [0.2, 0.25) is 0 Å². The van der Waals surface area contributed by atoms with Gasteiger partial charge in [0.2, 0.25) is 0 Å². The summed E-state index contributed by atoms with van der Waals surface area (Å²) in [6, 6.07) is 68.6. The van der Waals surface area contributed by atoms with Gasteiger partial charge < -0.3 is 0 Å². The van der Waals surface area contributed by atoms with Crippen LogP contribution in [0.1, 0.15) is 50.1 Å². The average Bonchev–Trinajstić information content (AvgIpc) is 3.13. The highest BCUT2D eigenvalue weighted by Crippen LogP contribution is 2.73. The van der Waals surface area contributed by atoms with Gasteiger partial charge in [0.1, 0.15) is 0 Å². The first kappa shape index (κ1) is 33.1. The van der Waals surface area contributed by atoms with E-state index < -0.39 is 15.8 Å². The van der Waals surface area contributed by atoms with Crippen molar-refractivity contribution in [3.8, 4) is 0 Å². The highest BCUT2D eigenvalue weighted by atomic mass is 31.1. The van der Waals surface area contributed by atoms with E-state index in [1.165, 1.54) is 32.3 Å². The lowest BCUT2D eigenvalue weighted by Crippen LogP contribution is -2.47. The van der Waals surface area contributed by atoms with Crippen LogP contribution in [0.4, 0.5) is 0 Å². The minimum absolute atomic E-state index is 0.141. The van der Waals surface area contributed by atoms with Crippen molar-refractivity contribution in [3.63, 3.8) is 0 Å². The summed E-state index contributed by atoms with van der Waals surface area (Å²) in [5.74, 6) is 0.737. The van der Waals surface area contributed by atoms with Gasteiger partial charge in [0, 0.05) is 11.3 Å². The third kappa shape index (κ3) is 6.79. The fourth-order valence-electron chi connectivity index (χ4n) is 7.92. The van der Waals surface area contributed by atoms with E-state index in [1.807, 2.05) is 0 Å². The first-order valence-corrected chi connectivity index (χ1v) is 19.7. The minimum Gasteiger partial charge on any atom is -0.0622 e. The first-order valence-electron chi connectivity index (χ1n) is 16.9. The van der Waals surface area contributed by atoms with Crippen LogP contribution in [0.5, 0.6) is 0 Å². The Morgan fingerprint density at radius 3 is 0.745 bits per heavy atom. The Kier molecular flexibility index (Phi) is 10.8. The molecular weight excluding hydrogens is 602 g/mol. The van der Waals surface area contributed by atoms with Crippen LogP contribution < -0.4 is 21.2 Å². The van der Waals surface area contributed by atoms with Crippen molar-refractivity contribution in [3.05, 3.63) is 193 Å². The van der Waals surface area contributed by atoms with Gasteiger partial charge in [-0.15, -0.1) is 0 Å². The zero-order valence-corrected chi connectivity index (χ0v) is 29.8. The molecular formula is C45H46P2. The smallest absolute Gasteiger partial charge is 0.0193 e.